The Balaban J connectivity index is 2.15. The maximum absolute atomic E-state index is 11.7. The summed E-state index contributed by atoms with van der Waals surface area (Å²) < 4.78 is 0.284. The molecule has 0 heterocycles. The summed E-state index contributed by atoms with van der Waals surface area (Å²) in [5.41, 5.74) is 2.47. The normalized spacial score (nSPS) is 12.4. The van der Waals surface area contributed by atoms with Gasteiger partial charge < -0.3 is 4.80 Å². The average molecular weight is 391 g/mol. The molecule has 0 aliphatic carbocycles. The molecule has 0 aliphatic heterocycles. The first-order chi connectivity index (χ1) is 11.7. The van der Waals surface area contributed by atoms with Crippen molar-refractivity contribution in [2.24, 2.45) is 0 Å². The third kappa shape index (κ3) is 6.21. The van der Waals surface area contributed by atoms with Crippen LogP contribution in [-0.4, -0.2) is 23.6 Å². The third-order valence-corrected chi connectivity index (χ3v) is 11.2. The third-order valence-electron chi connectivity index (χ3n) is 4.13. The predicted molar refractivity (Wildman–Crippen MR) is 119 cm³/mol. The van der Waals surface area contributed by atoms with E-state index in [2.05, 4.69) is 83.1 Å². The van der Waals surface area contributed by atoms with Crippen molar-refractivity contribution in [1.82, 2.24) is 0 Å². The van der Waals surface area contributed by atoms with Crippen molar-refractivity contribution in [3.63, 3.8) is 0 Å². The molecule has 0 aliphatic rings. The van der Waals surface area contributed by atoms with Gasteiger partial charge in [0.25, 0.3) is 8.32 Å². The van der Waals surface area contributed by atoms with E-state index < -0.39 is 8.32 Å². The van der Waals surface area contributed by atoms with E-state index in [1.54, 1.807) is 0 Å². The summed E-state index contributed by atoms with van der Waals surface area (Å²) in [6.45, 7) is 10.9. The van der Waals surface area contributed by atoms with Gasteiger partial charge >= 0.3 is 0 Å². The summed E-state index contributed by atoms with van der Waals surface area (Å²) in [5, 5.41) is 2.24. The van der Waals surface area contributed by atoms with Crippen molar-refractivity contribution in [3.05, 3.63) is 59.7 Å². The van der Waals surface area contributed by atoms with E-state index in [0.29, 0.717) is 0 Å². The van der Waals surface area contributed by atoms with Crippen molar-refractivity contribution < 1.29 is 4.80 Å². The standard InChI is InChI=1S/C21H30OS2Si/c1-17-7-11-19(12-8-17)25(22,20-13-9-18(2)10-14-20)16-6-15-23-24-21(3,4)5/h7-14,22H,6,15-16H2,1-5H3. The molecule has 2 aromatic rings. The lowest BCUT2D eigenvalue weighted by Crippen LogP contribution is -2.58. The summed E-state index contributed by atoms with van der Waals surface area (Å²) >= 11 is 0. The molecule has 0 fully saturated rings. The molecule has 0 spiro atoms. The maximum atomic E-state index is 11.7. The maximum Gasteiger partial charge on any atom is 0.252 e. The zero-order valence-corrected chi connectivity index (χ0v) is 18.6. The van der Waals surface area contributed by atoms with Crippen molar-refractivity contribution in [3.8, 4) is 0 Å². The zero-order chi connectivity index (χ0) is 18.5. The lowest BCUT2D eigenvalue weighted by molar-refractivity contribution is 0.562. The summed E-state index contributed by atoms with van der Waals surface area (Å²) in [7, 11) is 1.19. The molecule has 0 saturated heterocycles. The minimum absolute atomic E-state index is 0.284. The van der Waals surface area contributed by atoms with Crippen LogP contribution in [0.25, 0.3) is 0 Å². The highest BCUT2D eigenvalue weighted by Crippen LogP contribution is 2.35. The van der Waals surface area contributed by atoms with Gasteiger partial charge in [0.2, 0.25) is 0 Å². The smallest absolute Gasteiger partial charge is 0.252 e. The minimum atomic E-state index is -2.67. The van der Waals surface area contributed by atoms with E-state index in [9.17, 15) is 4.80 Å². The second kappa shape index (κ2) is 8.80. The Labute approximate surface area is 162 Å². The van der Waals surface area contributed by atoms with Crippen LogP contribution >= 0.6 is 21.6 Å². The Morgan fingerprint density at radius 3 is 1.68 bits per heavy atom. The molecule has 0 atom stereocenters. The minimum Gasteiger partial charge on any atom is -0.424 e. The fraction of sp³-hybridized carbons (Fsp3) is 0.429. The van der Waals surface area contributed by atoms with Gasteiger partial charge in [0.05, 0.1) is 0 Å². The molecule has 0 bridgehead atoms. The largest absolute Gasteiger partial charge is 0.424 e. The lowest BCUT2D eigenvalue weighted by Gasteiger charge is -2.27. The number of hydrogen-bond donors (Lipinski definition) is 1. The summed E-state index contributed by atoms with van der Waals surface area (Å²) in [5.74, 6) is 1.08. The fourth-order valence-corrected chi connectivity index (χ4v) is 8.37. The Morgan fingerprint density at radius 1 is 0.840 bits per heavy atom. The molecule has 2 aromatic carbocycles. The molecule has 4 heteroatoms. The first-order valence-corrected chi connectivity index (χ1v) is 13.4. The van der Waals surface area contributed by atoms with Crippen LogP contribution in [0, 0.1) is 13.8 Å². The van der Waals surface area contributed by atoms with Crippen molar-refractivity contribution >= 4 is 40.3 Å². The van der Waals surface area contributed by atoms with Crippen LogP contribution in [0.5, 0.6) is 0 Å². The molecule has 0 amide bonds. The highest BCUT2D eigenvalue weighted by atomic mass is 33.1. The molecular weight excluding hydrogens is 360 g/mol. The molecule has 136 valence electrons. The van der Waals surface area contributed by atoms with Gasteiger partial charge in [0, 0.05) is 10.5 Å². The van der Waals surface area contributed by atoms with Gasteiger partial charge in [0.15, 0.2) is 0 Å². The van der Waals surface area contributed by atoms with Crippen LogP contribution in [0.4, 0.5) is 0 Å². The van der Waals surface area contributed by atoms with Gasteiger partial charge in [-0.05, 0) is 36.7 Å². The molecule has 0 radical (unpaired) electrons. The zero-order valence-electron chi connectivity index (χ0n) is 16.0. The summed E-state index contributed by atoms with van der Waals surface area (Å²) in [6.07, 6.45) is 1.04. The average Bonchev–Trinajstić information content (AvgIpc) is 2.54. The number of rotatable bonds is 7. The number of hydrogen-bond acceptors (Lipinski definition) is 3. The van der Waals surface area contributed by atoms with Crippen LogP contribution in [0.3, 0.4) is 0 Å². The fourth-order valence-electron chi connectivity index (χ4n) is 2.72. The Hall–Kier alpha value is -0.683. The highest BCUT2D eigenvalue weighted by Gasteiger charge is 2.35. The van der Waals surface area contributed by atoms with Gasteiger partial charge in [-0.15, -0.1) is 0 Å². The molecule has 0 aromatic heterocycles. The van der Waals surface area contributed by atoms with E-state index in [4.69, 9.17) is 0 Å². The van der Waals surface area contributed by atoms with E-state index >= 15 is 0 Å². The van der Waals surface area contributed by atoms with Crippen molar-refractivity contribution in [2.75, 3.05) is 5.75 Å². The van der Waals surface area contributed by atoms with Crippen LogP contribution in [0.2, 0.25) is 6.04 Å². The lowest BCUT2D eigenvalue weighted by atomic mass is 10.2. The van der Waals surface area contributed by atoms with Crippen LogP contribution in [0.15, 0.2) is 48.5 Å². The molecule has 0 unspecified atom stereocenters. The molecule has 0 saturated carbocycles. The first-order valence-electron chi connectivity index (χ1n) is 8.88. The second-order valence-corrected chi connectivity index (χ2v) is 14.3. The van der Waals surface area contributed by atoms with Crippen molar-refractivity contribution in [2.45, 2.75) is 51.8 Å². The quantitative estimate of drug-likeness (QED) is 0.411. The van der Waals surface area contributed by atoms with Gasteiger partial charge in [-0.1, -0.05) is 102 Å². The first kappa shape index (κ1) is 20.6. The number of benzene rings is 2. The van der Waals surface area contributed by atoms with E-state index in [-0.39, 0.29) is 4.75 Å². The van der Waals surface area contributed by atoms with Crippen LogP contribution in [0.1, 0.15) is 38.3 Å². The predicted octanol–water partition coefficient (Wildman–Crippen LogP) is 4.93. The number of aryl methyl sites for hydroxylation is 2. The van der Waals surface area contributed by atoms with Gasteiger partial charge in [-0.3, -0.25) is 0 Å². The van der Waals surface area contributed by atoms with Gasteiger partial charge in [0.1, 0.15) is 0 Å². The van der Waals surface area contributed by atoms with Crippen LogP contribution < -0.4 is 10.4 Å². The van der Waals surface area contributed by atoms with Gasteiger partial charge in [-0.2, -0.15) is 0 Å². The Kier molecular flexibility index (Phi) is 7.26. The highest BCUT2D eigenvalue weighted by molar-refractivity contribution is 8.77. The van der Waals surface area contributed by atoms with Crippen molar-refractivity contribution in [1.29, 1.82) is 0 Å². The van der Waals surface area contributed by atoms with Gasteiger partial charge in [-0.25, -0.2) is 0 Å². The topological polar surface area (TPSA) is 20.2 Å². The monoisotopic (exact) mass is 390 g/mol. The van der Waals surface area contributed by atoms with E-state index in [1.165, 1.54) is 11.1 Å². The molecular formula is C21H30OS2Si. The second-order valence-electron chi connectivity index (χ2n) is 7.71. The Bertz CT molecular complexity index is 614. The van der Waals surface area contributed by atoms with E-state index in [0.717, 1.165) is 28.6 Å². The molecule has 1 N–H and O–H groups in total. The summed E-state index contributed by atoms with van der Waals surface area (Å²) in [6, 6.07) is 17.8. The van der Waals surface area contributed by atoms with E-state index in [1.807, 2.05) is 21.6 Å². The molecule has 25 heavy (non-hydrogen) atoms. The molecule has 2 rings (SSSR count). The summed E-state index contributed by atoms with van der Waals surface area (Å²) in [4.78, 5) is 11.7. The molecule has 1 nitrogen and oxygen atoms in total. The SMILES string of the molecule is Cc1ccc([Si](O)(CCCSSC(C)(C)C)c2ccc(C)cc2)cc1. The van der Waals surface area contributed by atoms with Crippen LogP contribution in [-0.2, 0) is 0 Å². The Morgan fingerprint density at radius 2 is 1.28 bits per heavy atom.